The van der Waals surface area contributed by atoms with Crippen LogP contribution in [-0.4, -0.2) is 29.7 Å². The Hall–Kier alpha value is -2.28. The Labute approximate surface area is 95.3 Å². The van der Waals surface area contributed by atoms with Crippen LogP contribution >= 0.6 is 0 Å². The van der Waals surface area contributed by atoms with Gasteiger partial charge in [-0.25, -0.2) is 4.79 Å². The molecule has 0 amide bonds. The lowest BCUT2D eigenvalue weighted by Gasteiger charge is -2.07. The summed E-state index contributed by atoms with van der Waals surface area (Å²) in [7, 11) is 2.96. The number of aromatic nitrogens is 2. The first kappa shape index (κ1) is 12.8. The molecule has 1 heterocycles. The first-order chi connectivity index (χ1) is 7.65. The van der Waals surface area contributed by atoms with Gasteiger partial charge in [-0.15, -0.1) is 0 Å². The molecule has 7 nitrogen and oxygen atoms in total. The summed E-state index contributed by atoms with van der Waals surface area (Å²) in [6, 6.07) is 3.06. The first-order valence-electron chi connectivity index (χ1n) is 4.54. The van der Waals surface area contributed by atoms with Crippen LogP contribution in [0.15, 0.2) is 21.7 Å². The molecule has 0 aliphatic carbocycles. The fourth-order valence-electron chi connectivity index (χ4n) is 1.49. The summed E-state index contributed by atoms with van der Waals surface area (Å²) in [6.45, 7) is 0. The molecule has 2 rings (SSSR count). The third kappa shape index (κ3) is 2.13. The molecule has 0 unspecified atom stereocenters. The Bertz CT molecular complexity index is 643. The number of ether oxygens (including phenoxy) is 2. The molecule has 17 heavy (non-hydrogen) atoms. The second-order valence-electron chi connectivity index (χ2n) is 3.16. The lowest BCUT2D eigenvalue weighted by molar-refractivity contribution is 0.355. The number of methoxy groups -OCH3 is 2. The van der Waals surface area contributed by atoms with Crippen molar-refractivity contribution in [1.29, 1.82) is 0 Å². The Morgan fingerprint density at radius 3 is 2.18 bits per heavy atom. The van der Waals surface area contributed by atoms with Crippen LogP contribution in [0, 0.1) is 0 Å². The molecule has 0 bridgehead atoms. The summed E-state index contributed by atoms with van der Waals surface area (Å²) in [5, 5.41) is 0.345. The zero-order chi connectivity index (χ0) is 11.7. The number of aromatic amines is 2. The molecule has 4 N–H and O–H groups in total. The molecular weight excluding hydrogens is 228 g/mol. The van der Waals surface area contributed by atoms with Gasteiger partial charge >= 0.3 is 5.69 Å². The predicted molar refractivity (Wildman–Crippen MR) is 61.9 cm³/mol. The van der Waals surface area contributed by atoms with Crippen molar-refractivity contribution in [1.82, 2.24) is 9.97 Å². The van der Waals surface area contributed by atoms with Gasteiger partial charge < -0.3 is 19.9 Å². The molecule has 0 saturated carbocycles. The SMILES string of the molecule is COc1cc2[nH]c(=O)[nH]c(=O)c2cc1OC.O. The van der Waals surface area contributed by atoms with Crippen LogP contribution in [0.25, 0.3) is 10.9 Å². The maximum Gasteiger partial charge on any atom is 0.326 e. The zero-order valence-corrected chi connectivity index (χ0v) is 9.29. The summed E-state index contributed by atoms with van der Waals surface area (Å²) < 4.78 is 10.1. The third-order valence-electron chi connectivity index (χ3n) is 2.24. The molecule has 0 saturated heterocycles. The van der Waals surface area contributed by atoms with Gasteiger partial charge in [-0.2, -0.15) is 0 Å². The van der Waals surface area contributed by atoms with E-state index < -0.39 is 11.2 Å². The molecule has 0 radical (unpaired) electrons. The number of nitrogens with one attached hydrogen (secondary N) is 2. The number of hydrogen-bond acceptors (Lipinski definition) is 4. The van der Waals surface area contributed by atoms with Crippen LogP contribution in [0.4, 0.5) is 0 Å². The van der Waals surface area contributed by atoms with Gasteiger partial charge in [0.05, 0.1) is 25.1 Å². The number of fused-ring (bicyclic) bond motifs is 1. The van der Waals surface area contributed by atoms with Crippen molar-refractivity contribution in [3.63, 3.8) is 0 Å². The lowest BCUT2D eigenvalue weighted by atomic mass is 10.2. The van der Waals surface area contributed by atoms with E-state index in [1.165, 1.54) is 20.3 Å². The summed E-state index contributed by atoms with van der Waals surface area (Å²) >= 11 is 0. The highest BCUT2D eigenvalue weighted by atomic mass is 16.5. The topological polar surface area (TPSA) is 116 Å². The van der Waals surface area contributed by atoms with Gasteiger partial charge in [-0.05, 0) is 6.07 Å². The minimum atomic E-state index is -0.551. The third-order valence-corrected chi connectivity index (χ3v) is 2.24. The average molecular weight is 240 g/mol. The van der Waals surface area contributed by atoms with Crippen molar-refractivity contribution in [3.8, 4) is 11.5 Å². The van der Waals surface area contributed by atoms with E-state index in [4.69, 9.17) is 9.47 Å². The van der Waals surface area contributed by atoms with E-state index in [0.29, 0.717) is 22.4 Å². The van der Waals surface area contributed by atoms with Gasteiger partial charge in [0.2, 0.25) is 0 Å². The van der Waals surface area contributed by atoms with Gasteiger partial charge in [-0.1, -0.05) is 0 Å². The Balaban J connectivity index is 0.00000144. The van der Waals surface area contributed by atoms with E-state index in [-0.39, 0.29) is 5.48 Å². The number of benzene rings is 1. The number of hydrogen-bond donors (Lipinski definition) is 2. The minimum absolute atomic E-state index is 0. The average Bonchev–Trinajstić information content (AvgIpc) is 2.27. The molecule has 0 aliphatic rings. The summed E-state index contributed by atoms with van der Waals surface area (Å²) in [5.74, 6) is 0.892. The van der Waals surface area contributed by atoms with E-state index in [1.54, 1.807) is 6.07 Å². The molecular formula is C10H12N2O5. The molecule has 2 aromatic rings. The van der Waals surface area contributed by atoms with Crippen molar-refractivity contribution in [3.05, 3.63) is 33.0 Å². The molecule has 0 aliphatic heterocycles. The molecule has 0 spiro atoms. The Morgan fingerprint density at radius 1 is 1.00 bits per heavy atom. The summed E-state index contributed by atoms with van der Waals surface area (Å²) in [6.07, 6.45) is 0. The molecule has 1 aromatic heterocycles. The Morgan fingerprint density at radius 2 is 1.59 bits per heavy atom. The van der Waals surface area contributed by atoms with Gasteiger partial charge in [0.15, 0.2) is 11.5 Å². The summed E-state index contributed by atoms with van der Waals surface area (Å²) in [4.78, 5) is 27.2. The fraction of sp³-hybridized carbons (Fsp3) is 0.200. The number of H-pyrrole nitrogens is 2. The van der Waals surface area contributed by atoms with E-state index in [9.17, 15) is 9.59 Å². The monoisotopic (exact) mass is 240 g/mol. The van der Waals surface area contributed by atoms with Crippen molar-refractivity contribution in [2.75, 3.05) is 14.2 Å². The fourth-order valence-corrected chi connectivity index (χ4v) is 1.49. The van der Waals surface area contributed by atoms with E-state index in [1.807, 2.05) is 0 Å². The van der Waals surface area contributed by atoms with Crippen LogP contribution < -0.4 is 20.7 Å². The van der Waals surface area contributed by atoms with Gasteiger partial charge in [-0.3, -0.25) is 9.78 Å². The second kappa shape index (κ2) is 4.71. The van der Waals surface area contributed by atoms with E-state index in [2.05, 4.69) is 9.97 Å². The summed E-state index contributed by atoms with van der Waals surface area (Å²) in [5.41, 5.74) is -0.601. The molecule has 0 fully saturated rings. The second-order valence-corrected chi connectivity index (χ2v) is 3.16. The largest absolute Gasteiger partial charge is 0.493 e. The highest BCUT2D eigenvalue weighted by molar-refractivity contribution is 5.81. The van der Waals surface area contributed by atoms with Gasteiger partial charge in [0.25, 0.3) is 5.56 Å². The normalized spacial score (nSPS) is 9.76. The van der Waals surface area contributed by atoms with Gasteiger partial charge in [0, 0.05) is 6.07 Å². The maximum atomic E-state index is 11.5. The van der Waals surface area contributed by atoms with Crippen LogP contribution in [0.3, 0.4) is 0 Å². The molecule has 7 heteroatoms. The minimum Gasteiger partial charge on any atom is -0.493 e. The van der Waals surface area contributed by atoms with E-state index >= 15 is 0 Å². The van der Waals surface area contributed by atoms with Gasteiger partial charge in [0.1, 0.15) is 0 Å². The molecule has 1 aromatic carbocycles. The first-order valence-corrected chi connectivity index (χ1v) is 4.54. The highest BCUT2D eigenvalue weighted by Crippen LogP contribution is 2.29. The highest BCUT2D eigenvalue weighted by Gasteiger charge is 2.08. The van der Waals surface area contributed by atoms with Crippen LogP contribution in [0.2, 0.25) is 0 Å². The van der Waals surface area contributed by atoms with Crippen LogP contribution in [0.5, 0.6) is 11.5 Å². The molecule has 0 atom stereocenters. The maximum absolute atomic E-state index is 11.5. The van der Waals surface area contributed by atoms with Crippen molar-refractivity contribution in [2.45, 2.75) is 0 Å². The Kier molecular flexibility index (Phi) is 3.54. The van der Waals surface area contributed by atoms with Crippen molar-refractivity contribution in [2.24, 2.45) is 0 Å². The lowest BCUT2D eigenvalue weighted by Crippen LogP contribution is -2.21. The smallest absolute Gasteiger partial charge is 0.326 e. The zero-order valence-electron chi connectivity index (χ0n) is 9.29. The molecule has 92 valence electrons. The predicted octanol–water partition coefficient (Wildman–Crippen LogP) is -0.591. The van der Waals surface area contributed by atoms with E-state index in [0.717, 1.165) is 0 Å². The van der Waals surface area contributed by atoms with Crippen LogP contribution in [0.1, 0.15) is 0 Å². The van der Waals surface area contributed by atoms with Crippen molar-refractivity contribution >= 4 is 10.9 Å². The standard InChI is InChI=1S/C10H10N2O4.H2O/c1-15-7-3-5-6(4-8(7)16-2)11-10(14)12-9(5)13;/h3-4H,1-2H3,(H2,11,12,13,14);1H2. The van der Waals surface area contributed by atoms with Crippen molar-refractivity contribution < 1.29 is 14.9 Å². The van der Waals surface area contributed by atoms with Crippen LogP contribution in [-0.2, 0) is 0 Å². The number of rotatable bonds is 2. The quantitative estimate of drug-likeness (QED) is 0.729.